The molecule has 0 saturated carbocycles. The number of benzene rings is 1. The zero-order valence-electron chi connectivity index (χ0n) is 18.6. The van der Waals surface area contributed by atoms with Gasteiger partial charge in [-0.3, -0.25) is 4.79 Å². The van der Waals surface area contributed by atoms with Crippen molar-refractivity contribution in [3.05, 3.63) is 60.1 Å². The van der Waals surface area contributed by atoms with E-state index in [2.05, 4.69) is 20.6 Å². The molecule has 0 unspecified atom stereocenters. The number of oxazole rings is 1. The second-order valence-electron chi connectivity index (χ2n) is 7.82. The third-order valence-corrected chi connectivity index (χ3v) is 5.42. The summed E-state index contributed by atoms with van der Waals surface area (Å²) in [5.41, 5.74) is -0.360. The molecular formula is C23H22F3N5O4. The molecule has 1 fully saturated rings. The van der Waals surface area contributed by atoms with Gasteiger partial charge in [-0.15, -0.1) is 0 Å². The van der Waals surface area contributed by atoms with E-state index in [9.17, 15) is 22.8 Å². The summed E-state index contributed by atoms with van der Waals surface area (Å²) in [6.45, 7) is 1.09. The molecule has 1 aliphatic heterocycles. The van der Waals surface area contributed by atoms with Gasteiger partial charge in [-0.25, -0.2) is 14.8 Å². The number of pyridine rings is 1. The molecule has 1 saturated heterocycles. The first-order valence-corrected chi connectivity index (χ1v) is 10.7. The molecule has 35 heavy (non-hydrogen) atoms. The first-order chi connectivity index (χ1) is 16.7. The fourth-order valence-electron chi connectivity index (χ4n) is 3.66. The molecule has 0 aliphatic carbocycles. The predicted octanol–water partition coefficient (Wildman–Crippen LogP) is 4.65. The lowest BCUT2D eigenvalue weighted by Gasteiger charge is -2.31. The second kappa shape index (κ2) is 10.0. The molecule has 184 valence electrons. The van der Waals surface area contributed by atoms with Crippen molar-refractivity contribution in [3.8, 4) is 11.5 Å². The lowest BCUT2D eigenvalue weighted by Crippen LogP contribution is -2.42. The summed E-state index contributed by atoms with van der Waals surface area (Å²) in [5, 5.41) is 5.62. The smallest absolute Gasteiger partial charge is 0.452 e. The van der Waals surface area contributed by atoms with Gasteiger partial charge in [0.05, 0.1) is 19.0 Å². The van der Waals surface area contributed by atoms with E-state index in [1.54, 1.807) is 29.2 Å². The summed E-state index contributed by atoms with van der Waals surface area (Å²) < 4.78 is 50.1. The molecule has 0 bridgehead atoms. The summed E-state index contributed by atoms with van der Waals surface area (Å²) in [4.78, 5) is 33.8. The Kier molecular flexibility index (Phi) is 6.90. The van der Waals surface area contributed by atoms with E-state index in [0.29, 0.717) is 37.3 Å². The van der Waals surface area contributed by atoms with Gasteiger partial charge in [-0.05, 0) is 37.1 Å². The van der Waals surface area contributed by atoms with E-state index in [1.807, 2.05) is 0 Å². The van der Waals surface area contributed by atoms with Crippen LogP contribution in [0, 0.1) is 0 Å². The van der Waals surface area contributed by atoms with Crippen molar-refractivity contribution in [1.82, 2.24) is 14.9 Å². The first-order valence-electron chi connectivity index (χ1n) is 10.7. The third-order valence-electron chi connectivity index (χ3n) is 5.42. The Morgan fingerprint density at radius 3 is 2.43 bits per heavy atom. The molecule has 0 spiro atoms. The Bertz CT molecular complexity index is 1170. The SMILES string of the molecule is COC(=O)N1CCC(Nc2ccc(NC(=O)c3nc(-c4ccccc4)oc3C(F)(F)F)cn2)CC1. The van der Waals surface area contributed by atoms with Crippen LogP contribution in [0.5, 0.6) is 0 Å². The lowest BCUT2D eigenvalue weighted by atomic mass is 10.1. The van der Waals surface area contributed by atoms with Gasteiger partial charge < -0.3 is 24.7 Å². The Labute approximate surface area is 198 Å². The monoisotopic (exact) mass is 489 g/mol. The van der Waals surface area contributed by atoms with Crippen molar-refractivity contribution < 1.29 is 31.9 Å². The highest BCUT2D eigenvalue weighted by atomic mass is 19.4. The number of carbonyl (C=O) groups excluding carboxylic acids is 2. The van der Waals surface area contributed by atoms with Crippen LogP contribution >= 0.6 is 0 Å². The number of ether oxygens (including phenoxy) is 1. The van der Waals surface area contributed by atoms with Gasteiger partial charge >= 0.3 is 12.3 Å². The highest BCUT2D eigenvalue weighted by Crippen LogP contribution is 2.35. The average Bonchev–Trinajstić information content (AvgIpc) is 3.32. The number of likely N-dealkylation sites (tertiary alicyclic amines) is 1. The van der Waals surface area contributed by atoms with E-state index in [0.717, 1.165) is 0 Å². The first kappa shape index (κ1) is 24.0. The molecule has 2 N–H and O–H groups in total. The zero-order chi connectivity index (χ0) is 25.0. The number of nitrogens with zero attached hydrogens (tertiary/aromatic N) is 3. The maximum Gasteiger partial charge on any atom is 0.452 e. The fourth-order valence-corrected chi connectivity index (χ4v) is 3.66. The Balaban J connectivity index is 1.41. The zero-order valence-corrected chi connectivity index (χ0v) is 18.6. The summed E-state index contributed by atoms with van der Waals surface area (Å²) in [7, 11) is 1.34. The quantitative estimate of drug-likeness (QED) is 0.537. The summed E-state index contributed by atoms with van der Waals surface area (Å²) >= 11 is 0. The van der Waals surface area contributed by atoms with Crippen LogP contribution in [0.1, 0.15) is 29.1 Å². The van der Waals surface area contributed by atoms with Crippen molar-refractivity contribution in [2.24, 2.45) is 0 Å². The van der Waals surface area contributed by atoms with E-state index >= 15 is 0 Å². The number of hydrogen-bond acceptors (Lipinski definition) is 7. The number of carbonyl (C=O) groups is 2. The molecule has 9 nitrogen and oxygen atoms in total. The molecule has 1 aliphatic rings. The number of nitrogens with one attached hydrogen (secondary N) is 2. The fraction of sp³-hybridized carbons (Fsp3) is 0.304. The van der Waals surface area contributed by atoms with Crippen LogP contribution in [0.2, 0.25) is 0 Å². The van der Waals surface area contributed by atoms with Crippen molar-refractivity contribution >= 4 is 23.5 Å². The molecule has 0 atom stereocenters. The second-order valence-corrected chi connectivity index (χ2v) is 7.82. The van der Waals surface area contributed by atoms with Gasteiger partial charge in [-0.1, -0.05) is 18.2 Å². The molecule has 3 heterocycles. The number of rotatable bonds is 5. The van der Waals surface area contributed by atoms with Crippen molar-refractivity contribution in [2.45, 2.75) is 25.1 Å². The molecule has 0 radical (unpaired) electrons. The predicted molar refractivity (Wildman–Crippen MR) is 120 cm³/mol. The largest absolute Gasteiger partial charge is 0.453 e. The number of aromatic nitrogens is 2. The number of anilines is 2. The molecule has 12 heteroatoms. The number of piperidine rings is 1. The third kappa shape index (κ3) is 5.70. The highest BCUT2D eigenvalue weighted by molar-refractivity contribution is 6.04. The topological polar surface area (TPSA) is 110 Å². The van der Waals surface area contributed by atoms with Crippen LogP contribution < -0.4 is 10.6 Å². The Hall–Kier alpha value is -4.09. The van der Waals surface area contributed by atoms with Gasteiger partial charge in [0.1, 0.15) is 5.82 Å². The number of amides is 2. The van der Waals surface area contributed by atoms with E-state index in [1.165, 1.54) is 31.5 Å². The summed E-state index contributed by atoms with van der Waals surface area (Å²) in [5.74, 6) is -2.32. The Morgan fingerprint density at radius 1 is 1.11 bits per heavy atom. The standard InChI is InChI=1S/C23H22F3N5O4/c1-34-22(33)31-11-9-15(10-12-31)28-17-8-7-16(13-27-17)29-20(32)18-19(23(24,25)26)35-21(30-18)14-5-3-2-4-6-14/h2-8,13,15H,9-12H2,1H3,(H,27,28)(H,29,32). The van der Waals surface area contributed by atoms with Gasteiger partial charge in [0.2, 0.25) is 11.7 Å². The molecular weight excluding hydrogens is 467 g/mol. The van der Waals surface area contributed by atoms with E-state index in [4.69, 9.17) is 9.15 Å². The van der Waals surface area contributed by atoms with Crippen LogP contribution in [-0.2, 0) is 10.9 Å². The number of hydrogen-bond donors (Lipinski definition) is 2. The summed E-state index contributed by atoms with van der Waals surface area (Å²) in [6.07, 6.45) is -2.54. The van der Waals surface area contributed by atoms with E-state index in [-0.39, 0.29) is 23.7 Å². The molecule has 2 amide bonds. The van der Waals surface area contributed by atoms with E-state index < -0.39 is 23.5 Å². The van der Waals surface area contributed by atoms with Gasteiger partial charge in [0.15, 0.2) is 5.69 Å². The Morgan fingerprint density at radius 2 is 1.83 bits per heavy atom. The normalized spacial score (nSPS) is 14.5. The van der Waals surface area contributed by atoms with Crippen molar-refractivity contribution in [1.29, 1.82) is 0 Å². The van der Waals surface area contributed by atoms with Crippen LogP contribution in [-0.4, -0.2) is 53.1 Å². The number of halogens is 3. The van der Waals surface area contributed by atoms with Crippen LogP contribution in [0.4, 0.5) is 29.5 Å². The van der Waals surface area contributed by atoms with Gasteiger partial charge in [0.25, 0.3) is 5.91 Å². The summed E-state index contributed by atoms with van der Waals surface area (Å²) in [6, 6.07) is 11.2. The number of methoxy groups -OCH3 is 1. The minimum Gasteiger partial charge on any atom is -0.453 e. The van der Waals surface area contributed by atoms with Crippen LogP contribution in [0.3, 0.4) is 0 Å². The number of alkyl halides is 3. The van der Waals surface area contributed by atoms with Crippen molar-refractivity contribution in [2.75, 3.05) is 30.8 Å². The molecule has 3 aromatic rings. The molecule has 4 rings (SSSR count). The average molecular weight is 489 g/mol. The van der Waals surface area contributed by atoms with Crippen molar-refractivity contribution in [3.63, 3.8) is 0 Å². The van der Waals surface area contributed by atoms with Gasteiger partial charge in [0, 0.05) is 24.7 Å². The molecule has 2 aromatic heterocycles. The van der Waals surface area contributed by atoms with Gasteiger partial charge in [-0.2, -0.15) is 13.2 Å². The highest BCUT2D eigenvalue weighted by Gasteiger charge is 2.42. The lowest BCUT2D eigenvalue weighted by molar-refractivity contribution is -0.153. The van der Waals surface area contributed by atoms with Crippen LogP contribution in [0.25, 0.3) is 11.5 Å². The maximum atomic E-state index is 13.5. The minimum absolute atomic E-state index is 0.0877. The maximum absolute atomic E-state index is 13.5. The minimum atomic E-state index is -4.90. The molecule has 1 aromatic carbocycles. The van der Waals surface area contributed by atoms with Crippen LogP contribution in [0.15, 0.2) is 53.1 Å².